The van der Waals surface area contributed by atoms with Gasteiger partial charge in [-0.05, 0) is 16.5 Å². The third-order valence-electron chi connectivity index (χ3n) is 3.01. The number of nitrogens with zero attached hydrogens (tertiary/aromatic N) is 1. The Morgan fingerprint density at radius 1 is 1.15 bits per heavy atom. The highest BCUT2D eigenvalue weighted by molar-refractivity contribution is 8.20. The fraction of sp³-hybridized carbons (Fsp3) is 0.0625. The van der Waals surface area contributed by atoms with Gasteiger partial charge >= 0.3 is 0 Å². The van der Waals surface area contributed by atoms with Crippen LogP contribution in [0.4, 0.5) is 0 Å². The average Bonchev–Trinajstić information content (AvgIpc) is 2.48. The molecule has 2 nitrogen and oxygen atoms in total. The molecule has 3 rings (SSSR count). The molecule has 2 aromatic carbocycles. The van der Waals surface area contributed by atoms with Gasteiger partial charge in [-0.2, -0.15) is 0 Å². The maximum atomic E-state index is 7.49. The third-order valence-corrected chi connectivity index (χ3v) is 5.62. The predicted molar refractivity (Wildman–Crippen MR) is 87.1 cm³/mol. The van der Waals surface area contributed by atoms with Crippen LogP contribution in [-0.4, -0.2) is 24.1 Å². The maximum Gasteiger partial charge on any atom is 0.138 e. The zero-order valence-corrected chi connectivity index (χ0v) is 12.7. The summed E-state index contributed by atoms with van der Waals surface area (Å²) in [6.07, 6.45) is 3.56. The van der Waals surface area contributed by atoms with Crippen LogP contribution < -0.4 is 0 Å². The number of benzene rings is 2. The van der Waals surface area contributed by atoms with Crippen molar-refractivity contribution in [1.82, 2.24) is 0 Å². The van der Waals surface area contributed by atoms with Gasteiger partial charge < -0.3 is 9.98 Å². The molecule has 0 saturated carbocycles. The van der Waals surface area contributed by atoms with Gasteiger partial charge in [0.15, 0.2) is 0 Å². The summed E-state index contributed by atoms with van der Waals surface area (Å²) in [5.74, 6) is 0. The Morgan fingerprint density at radius 2 is 1.90 bits per heavy atom. The topological polar surface area (TPSA) is 26.9 Å². The van der Waals surface area contributed by atoms with E-state index in [1.165, 1.54) is 21.4 Å². The second kappa shape index (κ2) is 5.77. The van der Waals surface area contributed by atoms with Crippen LogP contribution in [-0.2, 0) is 0 Å². The summed E-state index contributed by atoms with van der Waals surface area (Å²) in [4.78, 5) is 2.39. The predicted octanol–water partition coefficient (Wildman–Crippen LogP) is 4.09. The van der Waals surface area contributed by atoms with Crippen LogP contribution in [0.15, 0.2) is 58.3 Å². The molecule has 0 aliphatic carbocycles. The number of nitrogens with one attached hydrogen (secondary N) is 1. The summed E-state index contributed by atoms with van der Waals surface area (Å²) >= 11 is 3.49. The van der Waals surface area contributed by atoms with Crippen molar-refractivity contribution in [3.05, 3.63) is 64.4 Å². The summed E-state index contributed by atoms with van der Waals surface area (Å²) in [6.45, 7) is 0. The first-order chi connectivity index (χ1) is 9.78. The number of fused-ring (bicyclic) bond motifs is 1. The molecule has 4 heteroatoms. The van der Waals surface area contributed by atoms with Gasteiger partial charge in [0.05, 0.1) is 0 Å². The van der Waals surface area contributed by atoms with Gasteiger partial charge in [0.1, 0.15) is 11.8 Å². The molecule has 0 saturated heterocycles. The van der Waals surface area contributed by atoms with E-state index in [1.807, 2.05) is 18.2 Å². The molecule has 1 N–H and O–H groups in total. The van der Waals surface area contributed by atoms with E-state index < -0.39 is 0 Å². The zero-order chi connectivity index (χ0) is 13.9. The maximum absolute atomic E-state index is 7.49. The molecule has 0 atom stereocenters. The average molecular weight is 298 g/mol. The standard InChI is InChI=1S/C16H14N2S2/c1-18-11-13-7-3-5-9-15(13)20-16(18)19-14-8-4-2-6-12(14)10-17/h2-11,17H,1H3. The molecule has 100 valence electrons. The molecule has 0 spiro atoms. The number of hydrogen-bond acceptors (Lipinski definition) is 3. The lowest BCUT2D eigenvalue weighted by atomic mass is 10.2. The quantitative estimate of drug-likeness (QED) is 0.525. The van der Waals surface area contributed by atoms with Crippen LogP contribution in [0.3, 0.4) is 0 Å². The van der Waals surface area contributed by atoms with Crippen molar-refractivity contribution >= 4 is 36.0 Å². The molecule has 20 heavy (non-hydrogen) atoms. The minimum absolute atomic E-state index is 0.956. The van der Waals surface area contributed by atoms with Crippen molar-refractivity contribution in [3.8, 4) is 0 Å². The van der Waals surface area contributed by atoms with E-state index in [4.69, 9.17) is 5.41 Å². The minimum Gasteiger partial charge on any atom is -0.346 e. The molecule has 0 aromatic heterocycles. The summed E-state index contributed by atoms with van der Waals surface area (Å²) in [6, 6.07) is 16.4. The summed E-state index contributed by atoms with van der Waals surface area (Å²) in [7, 11) is 2.07. The number of rotatable bonds is 3. The molecule has 0 unspecified atom stereocenters. The fourth-order valence-corrected chi connectivity index (χ4v) is 4.24. The Bertz CT molecular complexity index is 680. The highest BCUT2D eigenvalue weighted by Gasteiger charge is 2.19. The van der Waals surface area contributed by atoms with Crippen molar-refractivity contribution in [1.29, 1.82) is 5.41 Å². The first kappa shape index (κ1) is 13.3. The van der Waals surface area contributed by atoms with Crippen molar-refractivity contribution in [2.45, 2.75) is 9.79 Å². The van der Waals surface area contributed by atoms with E-state index in [0.717, 1.165) is 10.5 Å². The first-order valence-electron chi connectivity index (χ1n) is 6.27. The molecular formula is C16H14N2S2. The lowest BCUT2D eigenvalue weighted by molar-refractivity contribution is -0.442. The van der Waals surface area contributed by atoms with E-state index >= 15 is 0 Å². The van der Waals surface area contributed by atoms with Crippen LogP contribution >= 0.6 is 23.5 Å². The van der Waals surface area contributed by atoms with E-state index in [2.05, 4.69) is 48.2 Å². The van der Waals surface area contributed by atoms with Gasteiger partial charge in [0.25, 0.3) is 0 Å². The normalized spacial score (nSPS) is 13.7. The van der Waals surface area contributed by atoms with E-state index in [9.17, 15) is 0 Å². The first-order valence-corrected chi connectivity index (χ1v) is 7.90. The van der Waals surface area contributed by atoms with Crippen LogP contribution in [0.2, 0.25) is 0 Å². The van der Waals surface area contributed by atoms with Crippen molar-refractivity contribution in [2.75, 3.05) is 7.05 Å². The van der Waals surface area contributed by atoms with Gasteiger partial charge in [0.2, 0.25) is 0 Å². The lowest BCUT2D eigenvalue weighted by Crippen LogP contribution is -2.15. The molecular weight excluding hydrogens is 284 g/mol. The summed E-state index contributed by atoms with van der Waals surface area (Å²) in [5, 5.41) is 7.49. The monoisotopic (exact) mass is 298 g/mol. The van der Waals surface area contributed by atoms with E-state index in [0.29, 0.717) is 0 Å². The smallest absolute Gasteiger partial charge is 0.138 e. The van der Waals surface area contributed by atoms with Crippen LogP contribution in [0.1, 0.15) is 11.1 Å². The Balaban J connectivity index is 1.88. The van der Waals surface area contributed by atoms with Crippen LogP contribution in [0, 0.1) is 10.1 Å². The molecule has 0 fully saturated rings. The summed E-state index contributed by atoms with van der Waals surface area (Å²) < 4.78 is 3.36. The van der Waals surface area contributed by atoms with Crippen molar-refractivity contribution in [3.63, 3.8) is 0 Å². The number of hydrogen-bond donors (Lipinski definition) is 1. The molecule has 1 heterocycles. The highest BCUT2D eigenvalue weighted by atomic mass is 32.2. The molecule has 0 bridgehead atoms. The van der Waals surface area contributed by atoms with Gasteiger partial charge in [-0.15, -0.1) is 23.5 Å². The van der Waals surface area contributed by atoms with Gasteiger partial charge in [-0.3, -0.25) is 0 Å². The Labute approximate surface area is 127 Å². The van der Waals surface area contributed by atoms with E-state index in [-0.39, 0.29) is 0 Å². The fourth-order valence-electron chi connectivity index (χ4n) is 1.99. The third kappa shape index (κ3) is 2.62. The minimum atomic E-state index is 0.956. The molecule has 0 amide bonds. The largest absolute Gasteiger partial charge is 0.346 e. The number of thioether (sulfide) groups is 2. The molecule has 1 aliphatic rings. The van der Waals surface area contributed by atoms with Crippen molar-refractivity contribution in [2.24, 2.45) is 0 Å². The lowest BCUT2D eigenvalue weighted by Gasteiger charge is -2.26. The zero-order valence-electron chi connectivity index (χ0n) is 11.0. The van der Waals surface area contributed by atoms with Crippen LogP contribution in [0.25, 0.3) is 0 Å². The molecule has 0 radical (unpaired) electrons. The Hall–Kier alpha value is -1.65. The highest BCUT2D eigenvalue weighted by Crippen LogP contribution is 2.45. The molecule has 1 aliphatic heterocycles. The second-order valence-corrected chi connectivity index (χ2v) is 6.75. The van der Waals surface area contributed by atoms with Gasteiger partial charge in [-0.25, -0.2) is 0 Å². The van der Waals surface area contributed by atoms with Crippen molar-refractivity contribution < 1.29 is 4.58 Å². The Kier molecular flexibility index (Phi) is 3.85. The SMILES string of the molecule is C[N+]1=Cc2ccccc2S[C-]1Sc1ccccc1C=N. The van der Waals surface area contributed by atoms with Gasteiger partial charge in [-0.1, -0.05) is 42.5 Å². The van der Waals surface area contributed by atoms with Crippen LogP contribution in [0.5, 0.6) is 0 Å². The molecule has 2 aromatic rings. The Morgan fingerprint density at radius 3 is 2.75 bits per heavy atom. The second-order valence-electron chi connectivity index (χ2n) is 4.43. The van der Waals surface area contributed by atoms with Gasteiger partial charge in [0, 0.05) is 22.9 Å². The van der Waals surface area contributed by atoms with E-state index in [1.54, 1.807) is 23.5 Å². The summed E-state index contributed by atoms with van der Waals surface area (Å²) in [5.41, 5.74) is 2.21.